The Kier molecular flexibility index (Phi) is 5.63. The van der Waals surface area contributed by atoms with Crippen LogP contribution in [0.4, 0.5) is 10.2 Å². The molecule has 34 heavy (non-hydrogen) atoms. The van der Waals surface area contributed by atoms with Crippen LogP contribution in [0.5, 0.6) is 0 Å². The molecule has 0 aliphatic carbocycles. The highest BCUT2D eigenvalue weighted by molar-refractivity contribution is 7.22. The van der Waals surface area contributed by atoms with Gasteiger partial charge in [0.1, 0.15) is 16.7 Å². The van der Waals surface area contributed by atoms with Gasteiger partial charge in [-0.1, -0.05) is 23.7 Å². The van der Waals surface area contributed by atoms with Crippen LogP contribution in [-0.4, -0.2) is 52.8 Å². The van der Waals surface area contributed by atoms with Crippen molar-refractivity contribution in [3.05, 3.63) is 76.3 Å². The number of anilines is 1. The molecule has 2 saturated heterocycles. The summed E-state index contributed by atoms with van der Waals surface area (Å²) in [6.07, 6.45) is 4.56. The molecule has 0 unspecified atom stereocenters. The van der Waals surface area contributed by atoms with Gasteiger partial charge in [-0.2, -0.15) is 0 Å². The number of fused-ring (bicyclic) bond motifs is 1. The van der Waals surface area contributed by atoms with Crippen LogP contribution >= 0.6 is 22.9 Å². The second kappa shape index (κ2) is 8.80. The third kappa shape index (κ3) is 4.02. The maximum absolute atomic E-state index is 13.6. The van der Waals surface area contributed by atoms with Crippen LogP contribution in [0.1, 0.15) is 12.8 Å². The van der Waals surface area contributed by atoms with Crippen molar-refractivity contribution in [3.63, 3.8) is 0 Å². The summed E-state index contributed by atoms with van der Waals surface area (Å²) in [5.74, 6) is 0.900. The number of likely N-dealkylation sites (tertiary alicyclic amines) is 1. The van der Waals surface area contributed by atoms with Crippen LogP contribution in [0.2, 0.25) is 5.02 Å². The first-order valence-electron chi connectivity index (χ1n) is 11.6. The molecule has 6 rings (SSSR count). The lowest BCUT2D eigenvalue weighted by molar-refractivity contribution is 0.234. The molecule has 5 nitrogen and oxygen atoms in total. The third-order valence-corrected chi connectivity index (χ3v) is 8.32. The molecule has 1 aromatic carbocycles. The van der Waals surface area contributed by atoms with E-state index in [4.69, 9.17) is 11.6 Å². The van der Waals surface area contributed by atoms with E-state index in [2.05, 4.69) is 14.8 Å². The molecule has 0 N–H and O–H groups in total. The Hall–Kier alpha value is -2.74. The number of hydrogen-bond acceptors (Lipinski definition) is 5. The lowest BCUT2D eigenvalue weighted by Gasteiger charge is -2.24. The Morgan fingerprint density at radius 3 is 2.62 bits per heavy atom. The third-order valence-electron chi connectivity index (χ3n) is 6.88. The number of hydrogen-bond donors (Lipinski definition) is 0. The zero-order valence-corrected chi connectivity index (χ0v) is 20.1. The van der Waals surface area contributed by atoms with Crippen LogP contribution in [0.3, 0.4) is 0 Å². The van der Waals surface area contributed by atoms with Crippen molar-refractivity contribution >= 4 is 38.8 Å². The summed E-state index contributed by atoms with van der Waals surface area (Å²) in [5.41, 5.74) is 1.74. The number of thiophene rings is 1. The van der Waals surface area contributed by atoms with Crippen molar-refractivity contribution in [1.82, 2.24) is 14.5 Å². The Balaban J connectivity index is 1.23. The number of halogens is 2. The number of aromatic nitrogens is 2. The Labute approximate surface area is 206 Å². The van der Waals surface area contributed by atoms with Crippen molar-refractivity contribution in [2.45, 2.75) is 25.1 Å². The standard InChI is InChI=1S/C26H24ClFN4OS/c27-19-3-1-17(2-4-19)23-13-18-7-12-32(26(33)25(18)34-23)21-5-6-24(29-14-21)31-11-9-22(16-31)30-10-8-20(28)15-30/h1-7,12-14,20,22H,8-11,15-16H2/t20-,22+/m1/s1. The predicted molar refractivity (Wildman–Crippen MR) is 137 cm³/mol. The van der Waals surface area contributed by atoms with Crippen LogP contribution in [0.15, 0.2) is 65.7 Å². The van der Waals surface area contributed by atoms with E-state index in [0.29, 0.717) is 24.0 Å². The second-order valence-corrected chi connectivity index (χ2v) is 10.5. The SMILES string of the molecule is O=c1c2sc(-c3ccc(Cl)cc3)cc2ccn1-c1ccc(N2CC[C@H](N3CC[C@@H](F)C3)C2)nc1. The largest absolute Gasteiger partial charge is 0.355 e. The number of nitrogens with zero attached hydrogens (tertiary/aromatic N) is 4. The van der Waals surface area contributed by atoms with Crippen molar-refractivity contribution in [2.24, 2.45) is 0 Å². The quantitative estimate of drug-likeness (QED) is 0.381. The fourth-order valence-electron chi connectivity index (χ4n) is 5.02. The first-order chi connectivity index (χ1) is 16.5. The van der Waals surface area contributed by atoms with Gasteiger partial charge in [0.2, 0.25) is 0 Å². The van der Waals surface area contributed by atoms with E-state index < -0.39 is 6.17 Å². The first kappa shape index (κ1) is 21.8. The van der Waals surface area contributed by atoms with Gasteiger partial charge in [0, 0.05) is 53.7 Å². The Bertz CT molecular complexity index is 1380. The van der Waals surface area contributed by atoms with E-state index in [1.54, 1.807) is 10.8 Å². The van der Waals surface area contributed by atoms with Gasteiger partial charge in [0.25, 0.3) is 5.56 Å². The second-order valence-electron chi connectivity index (χ2n) is 9.04. The monoisotopic (exact) mass is 494 g/mol. The van der Waals surface area contributed by atoms with E-state index in [1.165, 1.54) is 11.3 Å². The van der Waals surface area contributed by atoms with Crippen molar-refractivity contribution < 1.29 is 4.39 Å². The summed E-state index contributed by atoms with van der Waals surface area (Å²) in [6.45, 7) is 3.19. The van der Waals surface area contributed by atoms with Gasteiger partial charge in [-0.05, 0) is 54.8 Å². The number of pyridine rings is 2. The molecule has 5 heterocycles. The lowest BCUT2D eigenvalue weighted by atomic mass is 10.2. The van der Waals surface area contributed by atoms with Crippen LogP contribution in [-0.2, 0) is 0 Å². The summed E-state index contributed by atoms with van der Waals surface area (Å²) >= 11 is 7.50. The fraction of sp³-hybridized carbons (Fsp3) is 0.308. The summed E-state index contributed by atoms with van der Waals surface area (Å²) in [4.78, 5) is 23.5. The molecule has 0 amide bonds. The van der Waals surface area contributed by atoms with Gasteiger partial charge in [-0.15, -0.1) is 11.3 Å². The molecule has 0 spiro atoms. The minimum absolute atomic E-state index is 0.0479. The van der Waals surface area contributed by atoms with E-state index >= 15 is 0 Å². The molecular formula is C26H24ClFN4OS. The molecule has 0 saturated carbocycles. The molecule has 2 aliphatic rings. The summed E-state index contributed by atoms with van der Waals surface area (Å²) in [5, 5.41) is 1.62. The van der Waals surface area contributed by atoms with E-state index in [9.17, 15) is 9.18 Å². The van der Waals surface area contributed by atoms with E-state index in [0.717, 1.165) is 58.1 Å². The summed E-state index contributed by atoms with van der Waals surface area (Å²) in [7, 11) is 0. The first-order valence-corrected chi connectivity index (χ1v) is 12.8. The van der Waals surface area contributed by atoms with Crippen LogP contribution < -0.4 is 10.5 Å². The van der Waals surface area contributed by atoms with Gasteiger partial charge in [0.15, 0.2) is 0 Å². The topological polar surface area (TPSA) is 41.4 Å². The minimum atomic E-state index is -0.687. The van der Waals surface area contributed by atoms with Gasteiger partial charge in [-0.25, -0.2) is 9.37 Å². The molecule has 0 bridgehead atoms. The van der Waals surface area contributed by atoms with Crippen LogP contribution in [0.25, 0.3) is 26.2 Å². The molecule has 8 heteroatoms. The van der Waals surface area contributed by atoms with Gasteiger partial charge >= 0.3 is 0 Å². The Morgan fingerprint density at radius 1 is 1.03 bits per heavy atom. The maximum Gasteiger partial charge on any atom is 0.273 e. The molecule has 2 fully saturated rings. The molecule has 174 valence electrons. The zero-order chi connectivity index (χ0) is 23.2. The van der Waals surface area contributed by atoms with E-state index in [1.807, 2.05) is 54.7 Å². The maximum atomic E-state index is 13.6. The molecular weight excluding hydrogens is 471 g/mol. The average Bonchev–Trinajstić information content (AvgIpc) is 3.60. The highest BCUT2D eigenvalue weighted by Crippen LogP contribution is 2.32. The number of rotatable bonds is 4. The molecule has 4 aromatic rings. The lowest BCUT2D eigenvalue weighted by Crippen LogP contribution is -2.36. The predicted octanol–water partition coefficient (Wildman–Crippen LogP) is 5.39. The van der Waals surface area contributed by atoms with E-state index in [-0.39, 0.29) is 5.56 Å². The highest BCUT2D eigenvalue weighted by Gasteiger charge is 2.33. The zero-order valence-electron chi connectivity index (χ0n) is 18.5. The van der Waals surface area contributed by atoms with Crippen molar-refractivity contribution in [1.29, 1.82) is 0 Å². The molecule has 2 aliphatic heterocycles. The molecule has 3 aromatic heterocycles. The number of alkyl halides is 1. The van der Waals surface area contributed by atoms with Crippen LogP contribution in [0, 0.1) is 0 Å². The van der Waals surface area contributed by atoms with Gasteiger partial charge in [-0.3, -0.25) is 14.3 Å². The van der Waals surface area contributed by atoms with Crippen molar-refractivity contribution in [3.8, 4) is 16.1 Å². The smallest absolute Gasteiger partial charge is 0.273 e. The summed E-state index contributed by atoms with van der Waals surface area (Å²) in [6, 6.07) is 16.0. The average molecular weight is 495 g/mol. The fourth-order valence-corrected chi connectivity index (χ4v) is 6.23. The molecule has 0 radical (unpaired) electrons. The summed E-state index contributed by atoms with van der Waals surface area (Å²) < 4.78 is 16.0. The molecule has 2 atom stereocenters. The van der Waals surface area contributed by atoms with Gasteiger partial charge < -0.3 is 4.90 Å². The minimum Gasteiger partial charge on any atom is -0.355 e. The van der Waals surface area contributed by atoms with Gasteiger partial charge in [0.05, 0.1) is 11.9 Å². The number of benzene rings is 1. The normalized spacial score (nSPS) is 21.1. The highest BCUT2D eigenvalue weighted by atomic mass is 35.5. The van der Waals surface area contributed by atoms with Crippen molar-refractivity contribution in [2.75, 3.05) is 31.1 Å². The Morgan fingerprint density at radius 2 is 1.88 bits per heavy atom.